The van der Waals surface area contributed by atoms with Gasteiger partial charge in [0.05, 0.1) is 13.0 Å². The zero-order valence-corrected chi connectivity index (χ0v) is 13.8. The quantitative estimate of drug-likeness (QED) is 0.849. The van der Waals surface area contributed by atoms with Gasteiger partial charge >= 0.3 is 0 Å². The molecular weight excluding hydrogens is 292 g/mol. The minimum atomic E-state index is -0.168. The molecule has 0 saturated carbocycles. The molecule has 0 spiro atoms. The Balaban J connectivity index is 1.67. The van der Waals surface area contributed by atoms with Crippen LogP contribution >= 0.6 is 0 Å². The maximum atomic E-state index is 12.8. The molecule has 0 unspecified atom stereocenters. The number of ether oxygens (including phenoxy) is 1. The van der Waals surface area contributed by atoms with Crippen LogP contribution in [0.5, 0.6) is 5.75 Å². The molecule has 1 aromatic carbocycles. The van der Waals surface area contributed by atoms with Crippen LogP contribution in [0, 0.1) is 5.92 Å². The van der Waals surface area contributed by atoms with Gasteiger partial charge in [-0.15, -0.1) is 0 Å². The molecule has 5 heteroatoms. The van der Waals surface area contributed by atoms with Crippen LogP contribution in [0.2, 0.25) is 0 Å². The first-order valence-corrected chi connectivity index (χ1v) is 8.26. The molecule has 2 amide bonds. The van der Waals surface area contributed by atoms with Gasteiger partial charge in [0.2, 0.25) is 11.8 Å². The summed E-state index contributed by atoms with van der Waals surface area (Å²) in [5, 5.41) is 0. The number of hydrogen-bond donors (Lipinski definition) is 0. The summed E-state index contributed by atoms with van der Waals surface area (Å²) in [4.78, 5) is 28.1. The molecule has 2 aliphatic rings. The Morgan fingerprint density at radius 3 is 2.91 bits per heavy atom. The number of hydrogen-bond acceptors (Lipinski definition) is 3. The highest BCUT2D eigenvalue weighted by atomic mass is 16.5. The van der Waals surface area contributed by atoms with Crippen molar-refractivity contribution in [3.05, 3.63) is 29.8 Å². The molecule has 0 aliphatic carbocycles. The Morgan fingerprint density at radius 2 is 2.22 bits per heavy atom. The van der Waals surface area contributed by atoms with Crippen molar-refractivity contribution < 1.29 is 14.3 Å². The van der Waals surface area contributed by atoms with Gasteiger partial charge in [-0.1, -0.05) is 12.1 Å². The number of amides is 2. The van der Waals surface area contributed by atoms with E-state index in [9.17, 15) is 9.59 Å². The number of benzene rings is 1. The van der Waals surface area contributed by atoms with Crippen LogP contribution in [-0.4, -0.2) is 54.9 Å². The van der Waals surface area contributed by atoms with Crippen molar-refractivity contribution in [2.45, 2.75) is 31.7 Å². The van der Waals surface area contributed by atoms with Gasteiger partial charge in [0.25, 0.3) is 0 Å². The third-order valence-corrected chi connectivity index (χ3v) is 4.96. The average Bonchev–Trinajstić information content (AvgIpc) is 3.14. The Kier molecular flexibility index (Phi) is 4.55. The van der Waals surface area contributed by atoms with E-state index in [4.69, 9.17) is 4.74 Å². The van der Waals surface area contributed by atoms with E-state index in [0.717, 1.165) is 31.6 Å². The fraction of sp³-hybridized carbons (Fsp3) is 0.556. The third kappa shape index (κ3) is 3.33. The maximum Gasteiger partial charge on any atom is 0.228 e. The Morgan fingerprint density at radius 1 is 1.39 bits per heavy atom. The first-order valence-electron chi connectivity index (χ1n) is 8.26. The summed E-state index contributed by atoms with van der Waals surface area (Å²) in [6.45, 7) is 1.36. The average molecular weight is 316 g/mol. The van der Waals surface area contributed by atoms with Crippen molar-refractivity contribution >= 4 is 11.8 Å². The predicted molar refractivity (Wildman–Crippen MR) is 87.2 cm³/mol. The fourth-order valence-corrected chi connectivity index (χ4v) is 3.67. The number of nitrogens with zero attached hydrogens (tertiary/aromatic N) is 2. The zero-order chi connectivity index (χ0) is 16.4. The lowest BCUT2D eigenvalue weighted by molar-refractivity contribution is -0.136. The second-order valence-electron chi connectivity index (χ2n) is 6.56. The molecule has 23 heavy (non-hydrogen) atoms. The van der Waals surface area contributed by atoms with E-state index in [1.807, 2.05) is 23.1 Å². The van der Waals surface area contributed by atoms with Gasteiger partial charge in [-0.3, -0.25) is 9.59 Å². The Hall–Kier alpha value is -2.04. The monoisotopic (exact) mass is 316 g/mol. The highest BCUT2D eigenvalue weighted by Gasteiger charge is 2.38. The Bertz CT molecular complexity index is 602. The molecule has 2 saturated heterocycles. The number of likely N-dealkylation sites (tertiary alicyclic amines) is 2. The van der Waals surface area contributed by atoms with E-state index in [0.29, 0.717) is 13.0 Å². The van der Waals surface area contributed by atoms with E-state index in [-0.39, 0.29) is 23.8 Å². The third-order valence-electron chi connectivity index (χ3n) is 4.96. The predicted octanol–water partition coefficient (Wildman–Crippen LogP) is 1.71. The topological polar surface area (TPSA) is 49.9 Å². The van der Waals surface area contributed by atoms with Crippen molar-refractivity contribution in [1.29, 1.82) is 0 Å². The summed E-state index contributed by atoms with van der Waals surface area (Å²) in [6.07, 6.45) is 3.27. The van der Waals surface area contributed by atoms with Crippen LogP contribution in [0.15, 0.2) is 24.3 Å². The number of rotatable bonds is 4. The molecule has 0 aromatic heterocycles. The fourth-order valence-electron chi connectivity index (χ4n) is 3.67. The van der Waals surface area contributed by atoms with Gasteiger partial charge in [-0.25, -0.2) is 0 Å². The maximum absolute atomic E-state index is 12.8. The molecule has 2 aliphatic heterocycles. The Labute approximate surface area is 137 Å². The van der Waals surface area contributed by atoms with Crippen molar-refractivity contribution in [2.24, 2.45) is 5.92 Å². The van der Waals surface area contributed by atoms with Gasteiger partial charge in [0.1, 0.15) is 5.75 Å². The molecule has 2 fully saturated rings. The summed E-state index contributed by atoms with van der Waals surface area (Å²) in [5.41, 5.74) is 1.19. The summed E-state index contributed by atoms with van der Waals surface area (Å²) < 4.78 is 5.27. The molecule has 2 atom stereocenters. The molecule has 0 bridgehead atoms. The SMILES string of the molecule is COc1cccc(C[C@H]2CCCN2C(=O)[C@@H]2CC(=O)N(C)C2)c1. The standard InChI is InChI=1S/C18H24N2O3/c1-19-12-14(11-17(19)21)18(22)20-8-4-6-15(20)9-13-5-3-7-16(10-13)23-2/h3,5,7,10,14-15H,4,6,8-9,11-12H2,1-2H3/t14-,15-/m1/s1. The highest BCUT2D eigenvalue weighted by molar-refractivity contribution is 5.89. The first kappa shape index (κ1) is 15.8. The van der Waals surface area contributed by atoms with Crippen molar-refractivity contribution in [3.8, 4) is 5.75 Å². The highest BCUT2D eigenvalue weighted by Crippen LogP contribution is 2.27. The van der Waals surface area contributed by atoms with Gasteiger partial charge in [0, 0.05) is 32.6 Å². The molecule has 5 nitrogen and oxygen atoms in total. The molecule has 0 radical (unpaired) electrons. The molecule has 3 rings (SSSR count). The van der Waals surface area contributed by atoms with Gasteiger partial charge in [-0.2, -0.15) is 0 Å². The second kappa shape index (κ2) is 6.60. The van der Waals surface area contributed by atoms with Crippen LogP contribution in [0.1, 0.15) is 24.8 Å². The minimum Gasteiger partial charge on any atom is -0.497 e. The second-order valence-corrected chi connectivity index (χ2v) is 6.56. The molecule has 2 heterocycles. The largest absolute Gasteiger partial charge is 0.497 e. The lowest BCUT2D eigenvalue weighted by Gasteiger charge is -2.27. The minimum absolute atomic E-state index is 0.0758. The van der Waals surface area contributed by atoms with E-state index in [1.165, 1.54) is 5.56 Å². The molecule has 0 N–H and O–H groups in total. The van der Waals surface area contributed by atoms with E-state index in [2.05, 4.69) is 6.07 Å². The lowest BCUT2D eigenvalue weighted by atomic mass is 10.0. The number of carbonyl (C=O) groups is 2. The van der Waals surface area contributed by atoms with Crippen molar-refractivity contribution in [2.75, 3.05) is 27.2 Å². The van der Waals surface area contributed by atoms with Crippen molar-refractivity contribution in [1.82, 2.24) is 9.80 Å². The molecule has 1 aromatic rings. The van der Waals surface area contributed by atoms with Crippen LogP contribution < -0.4 is 4.74 Å². The van der Waals surface area contributed by atoms with Crippen LogP contribution in [0.25, 0.3) is 0 Å². The number of carbonyl (C=O) groups excluding carboxylic acids is 2. The van der Waals surface area contributed by atoms with Gasteiger partial charge < -0.3 is 14.5 Å². The van der Waals surface area contributed by atoms with Crippen LogP contribution in [0.4, 0.5) is 0 Å². The van der Waals surface area contributed by atoms with Crippen LogP contribution in [0.3, 0.4) is 0 Å². The summed E-state index contributed by atoms with van der Waals surface area (Å²) in [7, 11) is 3.44. The van der Waals surface area contributed by atoms with Crippen molar-refractivity contribution in [3.63, 3.8) is 0 Å². The van der Waals surface area contributed by atoms with E-state index < -0.39 is 0 Å². The van der Waals surface area contributed by atoms with Gasteiger partial charge in [-0.05, 0) is 37.0 Å². The van der Waals surface area contributed by atoms with E-state index in [1.54, 1.807) is 19.1 Å². The summed E-state index contributed by atoms with van der Waals surface area (Å²) in [6, 6.07) is 8.26. The molecular formula is C18H24N2O3. The molecule has 124 valence electrons. The first-order chi connectivity index (χ1) is 11.1. The zero-order valence-electron chi connectivity index (χ0n) is 13.8. The smallest absolute Gasteiger partial charge is 0.228 e. The lowest BCUT2D eigenvalue weighted by Crippen LogP contribution is -2.41. The van der Waals surface area contributed by atoms with Gasteiger partial charge in [0.15, 0.2) is 0 Å². The normalized spacial score (nSPS) is 24.3. The van der Waals surface area contributed by atoms with Crippen LogP contribution in [-0.2, 0) is 16.0 Å². The van der Waals surface area contributed by atoms with E-state index >= 15 is 0 Å². The number of methoxy groups -OCH3 is 1. The summed E-state index contributed by atoms with van der Waals surface area (Å²) >= 11 is 0. The summed E-state index contributed by atoms with van der Waals surface area (Å²) in [5.74, 6) is 0.903.